The second kappa shape index (κ2) is 5.73. The van der Waals surface area contributed by atoms with Crippen LogP contribution < -0.4 is 5.32 Å². The molecule has 1 rings (SSSR count). The molecule has 0 aliphatic carbocycles. The zero-order valence-electron chi connectivity index (χ0n) is 8.77. The van der Waals surface area contributed by atoms with Crippen LogP contribution in [0.15, 0.2) is 24.5 Å². The smallest absolute Gasteiger partial charge is 0.0955 e. The van der Waals surface area contributed by atoms with Crippen molar-refractivity contribution in [1.29, 1.82) is 0 Å². The number of aromatic nitrogens is 1. The molecule has 2 unspecified atom stereocenters. The minimum Gasteiger partial charge on any atom is -0.387 e. The van der Waals surface area contributed by atoms with E-state index in [4.69, 9.17) is 0 Å². The number of aliphatic hydroxyl groups excluding tert-OH is 1. The Balaban J connectivity index is 2.52. The van der Waals surface area contributed by atoms with E-state index in [0.717, 1.165) is 18.5 Å². The van der Waals surface area contributed by atoms with Crippen molar-refractivity contribution in [3.8, 4) is 0 Å². The molecule has 0 aliphatic heterocycles. The highest BCUT2D eigenvalue weighted by atomic mass is 16.3. The van der Waals surface area contributed by atoms with Crippen molar-refractivity contribution in [2.24, 2.45) is 0 Å². The van der Waals surface area contributed by atoms with Gasteiger partial charge in [-0.2, -0.15) is 0 Å². The summed E-state index contributed by atoms with van der Waals surface area (Å²) in [6.45, 7) is 5.02. The van der Waals surface area contributed by atoms with Crippen molar-refractivity contribution in [2.75, 3.05) is 6.54 Å². The number of nitrogens with zero attached hydrogens (tertiary/aromatic N) is 1. The molecule has 0 aromatic carbocycles. The maximum atomic E-state index is 9.91. The molecule has 0 fully saturated rings. The van der Waals surface area contributed by atoms with Crippen LogP contribution in [-0.4, -0.2) is 22.7 Å². The molecule has 2 atom stereocenters. The van der Waals surface area contributed by atoms with Crippen LogP contribution >= 0.6 is 0 Å². The lowest BCUT2D eigenvalue weighted by atomic mass is 10.1. The zero-order valence-corrected chi connectivity index (χ0v) is 8.77. The Morgan fingerprint density at radius 1 is 1.57 bits per heavy atom. The van der Waals surface area contributed by atoms with Crippen LogP contribution in [0.4, 0.5) is 0 Å². The average Bonchev–Trinajstić information content (AvgIpc) is 2.26. The molecule has 0 saturated heterocycles. The molecule has 1 heterocycles. The van der Waals surface area contributed by atoms with Gasteiger partial charge in [-0.15, -0.1) is 0 Å². The summed E-state index contributed by atoms with van der Waals surface area (Å²) in [7, 11) is 0. The maximum Gasteiger partial charge on any atom is 0.0955 e. The normalized spacial score (nSPS) is 15.1. The quantitative estimate of drug-likeness (QED) is 0.746. The van der Waals surface area contributed by atoms with Crippen molar-refractivity contribution >= 4 is 0 Å². The van der Waals surface area contributed by atoms with E-state index in [1.165, 1.54) is 0 Å². The van der Waals surface area contributed by atoms with E-state index < -0.39 is 6.10 Å². The molecule has 0 amide bonds. The van der Waals surface area contributed by atoms with Crippen molar-refractivity contribution in [1.82, 2.24) is 10.3 Å². The molecule has 0 bridgehead atoms. The molecule has 0 saturated carbocycles. The van der Waals surface area contributed by atoms with E-state index in [9.17, 15) is 5.11 Å². The Bertz CT molecular complexity index is 251. The second-order valence-electron chi connectivity index (χ2n) is 3.47. The van der Waals surface area contributed by atoms with E-state index in [1.54, 1.807) is 12.4 Å². The third-order valence-corrected chi connectivity index (χ3v) is 2.22. The maximum absolute atomic E-state index is 9.91. The van der Waals surface area contributed by atoms with E-state index in [-0.39, 0.29) is 6.04 Å². The van der Waals surface area contributed by atoms with E-state index in [0.29, 0.717) is 0 Å². The number of aliphatic hydroxyl groups is 1. The molecular weight excluding hydrogens is 176 g/mol. The van der Waals surface area contributed by atoms with Crippen LogP contribution in [0.2, 0.25) is 0 Å². The molecule has 3 heteroatoms. The van der Waals surface area contributed by atoms with Gasteiger partial charge in [-0.05, 0) is 26.0 Å². The van der Waals surface area contributed by atoms with Gasteiger partial charge in [0.2, 0.25) is 0 Å². The highest BCUT2D eigenvalue weighted by Crippen LogP contribution is 2.14. The highest BCUT2D eigenvalue weighted by Gasteiger charge is 2.14. The number of rotatable bonds is 5. The number of hydrogen-bond acceptors (Lipinski definition) is 3. The van der Waals surface area contributed by atoms with Gasteiger partial charge in [-0.25, -0.2) is 0 Å². The van der Waals surface area contributed by atoms with E-state index in [1.807, 2.05) is 19.1 Å². The largest absolute Gasteiger partial charge is 0.387 e. The first-order valence-electron chi connectivity index (χ1n) is 5.07. The van der Waals surface area contributed by atoms with Crippen LogP contribution in [0.25, 0.3) is 0 Å². The van der Waals surface area contributed by atoms with Crippen LogP contribution in [0, 0.1) is 0 Å². The summed E-state index contributed by atoms with van der Waals surface area (Å²) in [4.78, 5) is 3.98. The van der Waals surface area contributed by atoms with Gasteiger partial charge in [-0.3, -0.25) is 4.98 Å². The lowest BCUT2D eigenvalue weighted by molar-refractivity contribution is 0.136. The summed E-state index contributed by atoms with van der Waals surface area (Å²) < 4.78 is 0. The third-order valence-electron chi connectivity index (χ3n) is 2.22. The Kier molecular flexibility index (Phi) is 4.56. The standard InChI is InChI=1S/C11H18N2O/c1-3-6-13-9(2)11(14)10-5-4-7-12-8-10/h4-5,7-9,11,13-14H,3,6H2,1-2H3. The fourth-order valence-electron chi connectivity index (χ4n) is 1.32. The predicted octanol–water partition coefficient (Wildman–Crippen LogP) is 1.50. The molecule has 0 spiro atoms. The van der Waals surface area contributed by atoms with Gasteiger partial charge in [0.15, 0.2) is 0 Å². The average molecular weight is 194 g/mol. The Labute approximate surface area is 85.2 Å². The van der Waals surface area contributed by atoms with E-state index in [2.05, 4.69) is 17.2 Å². The van der Waals surface area contributed by atoms with Crippen LogP contribution in [0.5, 0.6) is 0 Å². The minimum absolute atomic E-state index is 0.0687. The zero-order chi connectivity index (χ0) is 10.4. The number of pyridine rings is 1. The van der Waals surface area contributed by atoms with Crippen LogP contribution in [-0.2, 0) is 0 Å². The Morgan fingerprint density at radius 3 is 2.93 bits per heavy atom. The molecule has 78 valence electrons. The minimum atomic E-state index is -0.477. The van der Waals surface area contributed by atoms with Gasteiger partial charge < -0.3 is 10.4 Å². The summed E-state index contributed by atoms with van der Waals surface area (Å²) in [5.41, 5.74) is 0.864. The SMILES string of the molecule is CCCNC(C)C(O)c1cccnc1. The molecular formula is C11H18N2O. The predicted molar refractivity (Wildman–Crippen MR) is 57.0 cm³/mol. The summed E-state index contributed by atoms with van der Waals surface area (Å²) in [6, 6.07) is 3.80. The van der Waals surface area contributed by atoms with Crippen molar-refractivity contribution in [2.45, 2.75) is 32.4 Å². The van der Waals surface area contributed by atoms with Gasteiger partial charge in [0.25, 0.3) is 0 Å². The Morgan fingerprint density at radius 2 is 2.36 bits per heavy atom. The molecule has 3 nitrogen and oxygen atoms in total. The van der Waals surface area contributed by atoms with Crippen molar-refractivity contribution in [3.05, 3.63) is 30.1 Å². The topological polar surface area (TPSA) is 45.1 Å². The first-order valence-corrected chi connectivity index (χ1v) is 5.07. The molecule has 2 N–H and O–H groups in total. The summed E-state index contributed by atoms with van der Waals surface area (Å²) in [5.74, 6) is 0. The number of hydrogen-bond donors (Lipinski definition) is 2. The lowest BCUT2D eigenvalue weighted by Crippen LogP contribution is -2.32. The van der Waals surface area contributed by atoms with Crippen LogP contribution in [0.3, 0.4) is 0 Å². The molecule has 0 aliphatic rings. The summed E-state index contributed by atoms with van der Waals surface area (Å²) in [6.07, 6.45) is 4.01. The molecule has 14 heavy (non-hydrogen) atoms. The molecule has 1 aromatic heterocycles. The summed E-state index contributed by atoms with van der Waals surface area (Å²) in [5, 5.41) is 13.2. The fourth-order valence-corrected chi connectivity index (χ4v) is 1.32. The first-order chi connectivity index (χ1) is 6.75. The number of nitrogens with one attached hydrogen (secondary N) is 1. The molecule has 1 aromatic rings. The van der Waals surface area contributed by atoms with Crippen molar-refractivity contribution < 1.29 is 5.11 Å². The highest BCUT2D eigenvalue weighted by molar-refractivity contribution is 5.13. The van der Waals surface area contributed by atoms with Crippen LogP contribution in [0.1, 0.15) is 31.9 Å². The van der Waals surface area contributed by atoms with Gasteiger partial charge >= 0.3 is 0 Å². The van der Waals surface area contributed by atoms with Gasteiger partial charge in [0.1, 0.15) is 0 Å². The molecule has 0 radical (unpaired) electrons. The monoisotopic (exact) mass is 194 g/mol. The lowest BCUT2D eigenvalue weighted by Gasteiger charge is -2.19. The van der Waals surface area contributed by atoms with Gasteiger partial charge in [0.05, 0.1) is 6.10 Å². The second-order valence-corrected chi connectivity index (χ2v) is 3.47. The third kappa shape index (κ3) is 3.09. The van der Waals surface area contributed by atoms with Crippen molar-refractivity contribution in [3.63, 3.8) is 0 Å². The van der Waals surface area contributed by atoms with Gasteiger partial charge in [0, 0.05) is 24.0 Å². The fraction of sp³-hybridized carbons (Fsp3) is 0.545. The first kappa shape index (κ1) is 11.1. The van der Waals surface area contributed by atoms with E-state index >= 15 is 0 Å². The Hall–Kier alpha value is -0.930. The summed E-state index contributed by atoms with van der Waals surface area (Å²) >= 11 is 0. The van der Waals surface area contributed by atoms with Gasteiger partial charge in [-0.1, -0.05) is 13.0 Å².